The number of anilines is 1. The van der Waals surface area contributed by atoms with E-state index in [2.05, 4.69) is 0 Å². The normalized spacial score (nSPS) is 23.1. The van der Waals surface area contributed by atoms with Crippen LogP contribution in [0.25, 0.3) is 0 Å². The first-order chi connectivity index (χ1) is 17.0. The summed E-state index contributed by atoms with van der Waals surface area (Å²) in [6, 6.07) is 5.32. The number of alkyl halides is 3. The van der Waals surface area contributed by atoms with Gasteiger partial charge in [0.1, 0.15) is 5.60 Å². The second-order valence-electron chi connectivity index (χ2n) is 10.0. The number of halogens is 3. The molecule has 0 amide bonds. The van der Waals surface area contributed by atoms with Crippen molar-refractivity contribution in [2.75, 3.05) is 37.6 Å². The molecule has 0 bridgehead atoms. The van der Waals surface area contributed by atoms with Crippen molar-refractivity contribution >= 4 is 23.4 Å². The highest BCUT2D eigenvalue weighted by Crippen LogP contribution is 2.42. The number of aliphatic carboxylic acids is 1. The summed E-state index contributed by atoms with van der Waals surface area (Å²) < 4.78 is 45.1. The lowest BCUT2D eigenvalue weighted by Gasteiger charge is -2.39. The summed E-state index contributed by atoms with van der Waals surface area (Å²) in [4.78, 5) is 40.7. The van der Waals surface area contributed by atoms with Crippen LogP contribution in [-0.2, 0) is 25.3 Å². The molecule has 0 saturated carbocycles. The average molecular weight is 509 g/mol. The van der Waals surface area contributed by atoms with Gasteiger partial charge in [-0.15, -0.1) is 0 Å². The number of carbonyl (C=O) groups is 3. The summed E-state index contributed by atoms with van der Waals surface area (Å²) in [5.74, 6) is -1.50. The van der Waals surface area contributed by atoms with E-state index in [1.807, 2.05) is 4.90 Å². The van der Waals surface area contributed by atoms with Crippen LogP contribution in [0.3, 0.4) is 0 Å². The number of carbonyl (C=O) groups excluding carboxylic acids is 2. The molecule has 1 atom stereocenters. The lowest BCUT2D eigenvalue weighted by atomic mass is 9.78. The molecule has 3 aliphatic heterocycles. The molecule has 0 aliphatic carbocycles. The van der Waals surface area contributed by atoms with Gasteiger partial charge in [-0.3, -0.25) is 14.5 Å². The van der Waals surface area contributed by atoms with Crippen LogP contribution in [-0.4, -0.2) is 66.1 Å². The summed E-state index contributed by atoms with van der Waals surface area (Å²) in [7, 11) is 0. The fraction of sp³-hybridized carbons (Fsp3) is 0.577. The number of ketones is 1. The Kier molecular flexibility index (Phi) is 7.45. The number of ether oxygens (including phenoxy) is 1. The van der Waals surface area contributed by atoms with Gasteiger partial charge in [0.2, 0.25) is 0 Å². The van der Waals surface area contributed by atoms with E-state index in [4.69, 9.17) is 9.84 Å². The smallest absolute Gasteiger partial charge is 0.416 e. The average Bonchev–Trinajstić information content (AvgIpc) is 2.94. The third-order valence-corrected chi connectivity index (χ3v) is 7.59. The number of carboxylic acids is 1. The van der Waals surface area contributed by atoms with Crippen molar-refractivity contribution < 1.29 is 37.4 Å². The predicted octanol–water partition coefficient (Wildman–Crippen LogP) is 4.06. The maximum atomic E-state index is 13.5. The molecule has 2 fully saturated rings. The first kappa shape index (κ1) is 26.2. The second kappa shape index (κ2) is 10.2. The molecule has 1 N–H and O–H groups in total. The zero-order valence-electron chi connectivity index (χ0n) is 20.3. The number of Topliss-reactive ketones (excluding diaryl/α,β-unsaturated/α-hetero) is 1. The van der Waals surface area contributed by atoms with E-state index < -0.39 is 29.3 Å². The van der Waals surface area contributed by atoms with Crippen molar-refractivity contribution in [2.45, 2.75) is 57.2 Å². The Labute approximate surface area is 207 Å². The highest BCUT2D eigenvalue weighted by molar-refractivity contribution is 6.08. The van der Waals surface area contributed by atoms with Gasteiger partial charge < -0.3 is 14.7 Å². The van der Waals surface area contributed by atoms with Crippen LogP contribution in [0.1, 0.15) is 51.0 Å². The van der Waals surface area contributed by atoms with E-state index in [-0.39, 0.29) is 24.7 Å². The van der Waals surface area contributed by atoms with E-state index in [1.165, 1.54) is 12.1 Å². The molecule has 4 rings (SSSR count). The van der Waals surface area contributed by atoms with E-state index in [9.17, 15) is 27.6 Å². The molecule has 1 aromatic rings. The van der Waals surface area contributed by atoms with Crippen molar-refractivity contribution in [3.05, 3.63) is 41.0 Å². The SMILES string of the molecule is CC1=C(C(=O)CC2CCCN(c3cccc(C(F)(F)F)c3)CC2)C2(CCN(CC(=O)O)CC2)OC1=O. The lowest BCUT2D eigenvalue weighted by Crippen LogP contribution is -2.48. The molecule has 7 nitrogen and oxygen atoms in total. The van der Waals surface area contributed by atoms with Crippen molar-refractivity contribution in [3.8, 4) is 0 Å². The van der Waals surface area contributed by atoms with Gasteiger partial charge in [-0.1, -0.05) is 6.07 Å². The molecular weight excluding hydrogens is 477 g/mol. The summed E-state index contributed by atoms with van der Waals surface area (Å²) in [5.41, 5.74) is -0.407. The van der Waals surface area contributed by atoms with Gasteiger partial charge in [0, 0.05) is 62.3 Å². The molecule has 1 aromatic carbocycles. The van der Waals surface area contributed by atoms with E-state index in [1.54, 1.807) is 17.9 Å². The van der Waals surface area contributed by atoms with Gasteiger partial charge in [-0.05, 0) is 50.3 Å². The van der Waals surface area contributed by atoms with Crippen molar-refractivity contribution in [1.29, 1.82) is 0 Å². The molecule has 1 spiro atoms. The number of esters is 1. The van der Waals surface area contributed by atoms with Crippen LogP contribution < -0.4 is 4.90 Å². The molecule has 3 aliphatic rings. The molecule has 0 aromatic heterocycles. The quantitative estimate of drug-likeness (QED) is 0.580. The Morgan fingerprint density at radius 3 is 2.53 bits per heavy atom. The molecule has 10 heteroatoms. The van der Waals surface area contributed by atoms with E-state index in [0.29, 0.717) is 62.3 Å². The first-order valence-corrected chi connectivity index (χ1v) is 12.3. The van der Waals surface area contributed by atoms with Crippen LogP contribution in [0.5, 0.6) is 0 Å². The van der Waals surface area contributed by atoms with Crippen molar-refractivity contribution in [2.24, 2.45) is 5.92 Å². The Hall–Kier alpha value is -2.88. The number of piperidine rings is 1. The fourth-order valence-electron chi connectivity index (χ4n) is 5.70. The minimum absolute atomic E-state index is 0.0495. The van der Waals surface area contributed by atoms with Gasteiger partial charge in [0.25, 0.3) is 0 Å². The molecule has 1 unspecified atom stereocenters. The number of rotatable bonds is 6. The molecule has 3 heterocycles. The minimum atomic E-state index is -4.40. The summed E-state index contributed by atoms with van der Waals surface area (Å²) >= 11 is 0. The molecule has 0 radical (unpaired) electrons. The maximum absolute atomic E-state index is 13.5. The second-order valence-corrected chi connectivity index (χ2v) is 10.0. The third-order valence-electron chi connectivity index (χ3n) is 7.59. The van der Waals surface area contributed by atoms with Crippen LogP contribution >= 0.6 is 0 Å². The summed E-state index contributed by atoms with van der Waals surface area (Å²) in [5, 5.41) is 9.05. The molecule has 196 valence electrons. The van der Waals surface area contributed by atoms with Gasteiger partial charge in [0.15, 0.2) is 5.78 Å². The van der Waals surface area contributed by atoms with Crippen LogP contribution in [0.15, 0.2) is 35.4 Å². The predicted molar refractivity (Wildman–Crippen MR) is 125 cm³/mol. The summed E-state index contributed by atoms with van der Waals surface area (Å²) in [6.45, 7) is 3.50. The molecular formula is C26H31F3N2O5. The summed E-state index contributed by atoms with van der Waals surface area (Å²) in [6.07, 6.45) is -1.23. The molecule has 2 saturated heterocycles. The number of likely N-dealkylation sites (tertiary alicyclic amines) is 1. The topological polar surface area (TPSA) is 87.2 Å². The van der Waals surface area contributed by atoms with Gasteiger partial charge in [-0.25, -0.2) is 4.79 Å². The van der Waals surface area contributed by atoms with Gasteiger partial charge in [-0.2, -0.15) is 13.2 Å². The largest absolute Gasteiger partial charge is 0.480 e. The number of nitrogens with zero attached hydrogens (tertiary/aromatic N) is 2. The molecule has 36 heavy (non-hydrogen) atoms. The number of benzene rings is 1. The van der Waals surface area contributed by atoms with Crippen LogP contribution in [0.2, 0.25) is 0 Å². The van der Waals surface area contributed by atoms with Crippen molar-refractivity contribution in [1.82, 2.24) is 4.90 Å². The highest BCUT2D eigenvalue weighted by Gasteiger charge is 2.50. The first-order valence-electron chi connectivity index (χ1n) is 12.3. The van der Waals surface area contributed by atoms with Gasteiger partial charge >= 0.3 is 18.1 Å². The van der Waals surface area contributed by atoms with Crippen molar-refractivity contribution in [3.63, 3.8) is 0 Å². The minimum Gasteiger partial charge on any atom is -0.480 e. The fourth-order valence-corrected chi connectivity index (χ4v) is 5.70. The van der Waals surface area contributed by atoms with E-state index >= 15 is 0 Å². The Morgan fingerprint density at radius 1 is 1.14 bits per heavy atom. The monoisotopic (exact) mass is 508 g/mol. The van der Waals surface area contributed by atoms with E-state index in [0.717, 1.165) is 18.9 Å². The Bertz CT molecular complexity index is 1060. The number of hydrogen-bond donors (Lipinski definition) is 1. The third kappa shape index (κ3) is 5.58. The van der Waals surface area contributed by atoms with Crippen LogP contribution in [0.4, 0.5) is 18.9 Å². The Balaban J connectivity index is 1.41. The zero-order valence-corrected chi connectivity index (χ0v) is 20.3. The maximum Gasteiger partial charge on any atom is 0.416 e. The lowest BCUT2D eigenvalue weighted by molar-refractivity contribution is -0.152. The number of carboxylic acid groups (broad SMARTS) is 1. The highest BCUT2D eigenvalue weighted by atomic mass is 19.4. The zero-order chi connectivity index (χ0) is 26.1. The Morgan fingerprint density at radius 2 is 1.86 bits per heavy atom. The van der Waals surface area contributed by atoms with Crippen LogP contribution in [0, 0.1) is 5.92 Å². The number of hydrogen-bond acceptors (Lipinski definition) is 6. The van der Waals surface area contributed by atoms with Gasteiger partial charge in [0.05, 0.1) is 12.1 Å². The standard InChI is InChI=1S/C26H31F3N2O5/c1-17-23(25(36-24(17)35)8-12-30(13-9-25)16-22(33)34)21(32)14-18-4-3-10-31(11-7-18)20-6-2-5-19(15-20)26(27,28)29/h2,5-6,15,18H,3-4,7-14,16H2,1H3,(H,33,34).